The quantitative estimate of drug-likeness (QED) is 0.716. The molecule has 0 aromatic carbocycles. The Morgan fingerprint density at radius 3 is 2.53 bits per heavy atom. The number of likely N-dealkylation sites (tertiary alicyclic amines) is 1. The minimum Gasteiger partial charge on any atom is -0.390 e. The summed E-state index contributed by atoms with van der Waals surface area (Å²) in [6, 6.07) is 0. The van der Waals surface area contributed by atoms with Crippen molar-refractivity contribution < 1.29 is 5.11 Å². The number of rotatable bonds is 4. The molecule has 0 aliphatic carbocycles. The third kappa shape index (κ3) is 4.24. The maximum Gasteiger partial charge on any atom is 0.0681 e. The van der Waals surface area contributed by atoms with Gasteiger partial charge in [-0.1, -0.05) is 6.92 Å². The summed E-state index contributed by atoms with van der Waals surface area (Å²) in [6.45, 7) is 7.32. The van der Waals surface area contributed by atoms with E-state index in [1.165, 1.54) is 13.0 Å². The van der Waals surface area contributed by atoms with Crippen LogP contribution in [-0.4, -0.2) is 35.2 Å². The molecular weight excluding hydrogens is 186 g/mol. The molecule has 0 bridgehead atoms. The Balaban J connectivity index is 2.29. The average molecular weight is 209 g/mol. The molecule has 0 atom stereocenters. The number of piperidine rings is 1. The average Bonchev–Trinajstić information content (AvgIpc) is 2.23. The lowest BCUT2D eigenvalue weighted by atomic mass is 9.87. The molecule has 0 aromatic rings. The molecule has 0 aromatic heterocycles. The molecule has 0 amide bonds. The molecule has 2 nitrogen and oxygen atoms in total. The van der Waals surface area contributed by atoms with Crippen molar-refractivity contribution in [3.8, 4) is 11.8 Å². The van der Waals surface area contributed by atoms with E-state index in [4.69, 9.17) is 0 Å². The molecule has 2 heteroatoms. The van der Waals surface area contributed by atoms with Crippen LogP contribution in [0.25, 0.3) is 0 Å². The molecule has 86 valence electrons. The van der Waals surface area contributed by atoms with Crippen LogP contribution in [0.2, 0.25) is 0 Å². The van der Waals surface area contributed by atoms with E-state index in [2.05, 4.69) is 23.7 Å². The first-order chi connectivity index (χ1) is 7.20. The van der Waals surface area contributed by atoms with Crippen LogP contribution in [0.15, 0.2) is 0 Å². The van der Waals surface area contributed by atoms with Crippen LogP contribution in [-0.2, 0) is 0 Å². The molecular formula is C13H23NO. The van der Waals surface area contributed by atoms with Gasteiger partial charge in [-0.2, -0.15) is 0 Å². The predicted molar refractivity (Wildman–Crippen MR) is 63.6 cm³/mol. The van der Waals surface area contributed by atoms with Gasteiger partial charge in [0, 0.05) is 19.5 Å². The minimum atomic E-state index is -0.436. The van der Waals surface area contributed by atoms with Gasteiger partial charge in [0.2, 0.25) is 0 Å². The third-order valence-corrected chi connectivity index (χ3v) is 3.22. The Morgan fingerprint density at radius 2 is 2.00 bits per heavy atom. The molecule has 1 saturated heterocycles. The summed E-state index contributed by atoms with van der Waals surface area (Å²) < 4.78 is 0. The van der Waals surface area contributed by atoms with Crippen LogP contribution in [0.4, 0.5) is 0 Å². The topological polar surface area (TPSA) is 23.5 Å². The van der Waals surface area contributed by atoms with Crippen LogP contribution >= 0.6 is 0 Å². The van der Waals surface area contributed by atoms with Crippen LogP contribution in [0.1, 0.15) is 46.0 Å². The van der Waals surface area contributed by atoms with Crippen LogP contribution in [0, 0.1) is 11.8 Å². The Bertz CT molecular complexity index is 231. The Labute approximate surface area is 93.7 Å². The first kappa shape index (κ1) is 12.5. The second kappa shape index (κ2) is 6.15. The van der Waals surface area contributed by atoms with E-state index in [0.29, 0.717) is 0 Å². The lowest BCUT2D eigenvalue weighted by Gasteiger charge is -2.37. The molecule has 1 fully saturated rings. The molecule has 1 heterocycles. The molecule has 1 aliphatic heterocycles. The van der Waals surface area contributed by atoms with Crippen LogP contribution < -0.4 is 0 Å². The second-order valence-electron chi connectivity index (χ2n) is 4.49. The van der Waals surface area contributed by atoms with Crippen molar-refractivity contribution in [1.82, 2.24) is 4.90 Å². The van der Waals surface area contributed by atoms with Crippen molar-refractivity contribution in [2.24, 2.45) is 0 Å². The Morgan fingerprint density at radius 1 is 1.33 bits per heavy atom. The van der Waals surface area contributed by atoms with Gasteiger partial charge >= 0.3 is 0 Å². The summed E-state index contributed by atoms with van der Waals surface area (Å²) in [7, 11) is 0. The van der Waals surface area contributed by atoms with Gasteiger partial charge in [-0.3, -0.25) is 0 Å². The van der Waals surface area contributed by atoms with Crippen molar-refractivity contribution in [2.75, 3.05) is 19.6 Å². The van der Waals surface area contributed by atoms with Crippen molar-refractivity contribution in [3.05, 3.63) is 0 Å². The van der Waals surface area contributed by atoms with E-state index in [0.717, 1.165) is 38.8 Å². The zero-order chi connectivity index (χ0) is 11.1. The molecule has 1 aliphatic rings. The first-order valence-electron chi connectivity index (χ1n) is 6.04. The fourth-order valence-corrected chi connectivity index (χ4v) is 2.18. The highest BCUT2D eigenvalue weighted by Crippen LogP contribution is 2.26. The van der Waals surface area contributed by atoms with Gasteiger partial charge in [0.15, 0.2) is 0 Å². The van der Waals surface area contributed by atoms with Gasteiger partial charge in [0.25, 0.3) is 0 Å². The van der Waals surface area contributed by atoms with Gasteiger partial charge in [0.05, 0.1) is 5.60 Å². The standard InChI is InChI=1S/C13H23NO/c1-3-5-6-7-13(15)8-11-14(10-4-2)12-9-13/h15H,4,6-12H2,1-2H3. The van der Waals surface area contributed by atoms with Gasteiger partial charge < -0.3 is 10.0 Å². The van der Waals surface area contributed by atoms with Gasteiger partial charge in [0.1, 0.15) is 0 Å². The van der Waals surface area contributed by atoms with Gasteiger partial charge in [-0.15, -0.1) is 11.8 Å². The fourth-order valence-electron chi connectivity index (χ4n) is 2.18. The smallest absolute Gasteiger partial charge is 0.0681 e. The highest BCUT2D eigenvalue weighted by Gasteiger charge is 2.30. The molecule has 1 rings (SSSR count). The number of aliphatic hydroxyl groups is 1. The van der Waals surface area contributed by atoms with Crippen molar-refractivity contribution in [2.45, 2.75) is 51.6 Å². The lowest BCUT2D eigenvalue weighted by molar-refractivity contribution is -0.0263. The van der Waals surface area contributed by atoms with Crippen LogP contribution in [0.5, 0.6) is 0 Å². The predicted octanol–water partition coefficient (Wildman–Crippen LogP) is 2.03. The number of hydrogen-bond acceptors (Lipinski definition) is 2. The van der Waals surface area contributed by atoms with Gasteiger partial charge in [-0.05, 0) is 39.2 Å². The normalized spacial score (nSPS) is 20.7. The van der Waals surface area contributed by atoms with Gasteiger partial charge in [-0.25, -0.2) is 0 Å². The fraction of sp³-hybridized carbons (Fsp3) is 0.846. The van der Waals surface area contributed by atoms with E-state index in [1.54, 1.807) is 0 Å². The lowest BCUT2D eigenvalue weighted by Crippen LogP contribution is -2.44. The summed E-state index contributed by atoms with van der Waals surface area (Å²) >= 11 is 0. The zero-order valence-electron chi connectivity index (χ0n) is 10.1. The molecule has 0 unspecified atom stereocenters. The minimum absolute atomic E-state index is 0.436. The first-order valence-corrected chi connectivity index (χ1v) is 6.04. The molecule has 1 N–H and O–H groups in total. The Kier molecular flexibility index (Phi) is 5.14. The zero-order valence-corrected chi connectivity index (χ0v) is 10.1. The molecule has 0 radical (unpaired) electrons. The van der Waals surface area contributed by atoms with E-state index in [-0.39, 0.29) is 0 Å². The highest BCUT2D eigenvalue weighted by atomic mass is 16.3. The summed E-state index contributed by atoms with van der Waals surface area (Å²) in [5, 5.41) is 10.3. The highest BCUT2D eigenvalue weighted by molar-refractivity contribution is 4.98. The largest absolute Gasteiger partial charge is 0.390 e. The number of hydrogen-bond donors (Lipinski definition) is 1. The SMILES string of the molecule is CC#CCCC1(O)CCN(CCC)CC1. The third-order valence-electron chi connectivity index (χ3n) is 3.22. The van der Waals surface area contributed by atoms with E-state index < -0.39 is 5.60 Å². The van der Waals surface area contributed by atoms with Crippen molar-refractivity contribution >= 4 is 0 Å². The number of nitrogens with zero attached hydrogens (tertiary/aromatic N) is 1. The summed E-state index contributed by atoms with van der Waals surface area (Å²) in [4.78, 5) is 2.44. The molecule has 0 spiro atoms. The monoisotopic (exact) mass is 209 g/mol. The maximum atomic E-state index is 10.3. The molecule has 15 heavy (non-hydrogen) atoms. The van der Waals surface area contributed by atoms with E-state index in [1.807, 2.05) is 6.92 Å². The van der Waals surface area contributed by atoms with Crippen molar-refractivity contribution in [1.29, 1.82) is 0 Å². The summed E-state index contributed by atoms with van der Waals surface area (Å²) in [5.41, 5.74) is -0.436. The van der Waals surface area contributed by atoms with E-state index in [9.17, 15) is 5.11 Å². The molecule has 0 saturated carbocycles. The van der Waals surface area contributed by atoms with E-state index >= 15 is 0 Å². The summed E-state index contributed by atoms with van der Waals surface area (Å²) in [6.07, 6.45) is 4.71. The Hall–Kier alpha value is -0.520. The second-order valence-corrected chi connectivity index (χ2v) is 4.49. The van der Waals surface area contributed by atoms with Crippen molar-refractivity contribution in [3.63, 3.8) is 0 Å². The van der Waals surface area contributed by atoms with Crippen LogP contribution in [0.3, 0.4) is 0 Å². The summed E-state index contributed by atoms with van der Waals surface area (Å²) in [5.74, 6) is 5.92. The maximum absolute atomic E-state index is 10.3.